The summed E-state index contributed by atoms with van der Waals surface area (Å²) in [6.07, 6.45) is 4.57. The van der Waals surface area contributed by atoms with E-state index < -0.39 is 0 Å². The highest BCUT2D eigenvalue weighted by atomic mass is 16.6. The average Bonchev–Trinajstić information content (AvgIpc) is 3.21. The highest BCUT2D eigenvalue weighted by Crippen LogP contribution is 2.16. The Hall–Kier alpha value is -1.35. The molecule has 3 nitrogen and oxygen atoms in total. The normalized spacial score (nSPS) is 17.5. The minimum absolute atomic E-state index is 0.126. The first-order valence-corrected chi connectivity index (χ1v) is 6.68. The van der Waals surface area contributed by atoms with E-state index in [1.807, 2.05) is 24.3 Å². The predicted molar refractivity (Wildman–Crippen MR) is 69.7 cm³/mol. The highest BCUT2D eigenvalue weighted by molar-refractivity contribution is 5.91. The van der Waals surface area contributed by atoms with Gasteiger partial charge in [0.1, 0.15) is 12.7 Å². The van der Waals surface area contributed by atoms with Gasteiger partial charge >= 0.3 is 5.97 Å². The van der Waals surface area contributed by atoms with Gasteiger partial charge in [-0.15, -0.1) is 0 Å². The molecule has 98 valence electrons. The second-order valence-electron chi connectivity index (χ2n) is 4.67. The molecule has 0 bridgehead atoms. The molecule has 1 saturated heterocycles. The first kappa shape index (κ1) is 13.1. The number of aryl methyl sites for hydroxylation is 1. The van der Waals surface area contributed by atoms with E-state index >= 15 is 0 Å². The van der Waals surface area contributed by atoms with Crippen molar-refractivity contribution in [1.82, 2.24) is 0 Å². The lowest BCUT2D eigenvalue weighted by atomic mass is 10.0. The van der Waals surface area contributed by atoms with Gasteiger partial charge in [0.05, 0.1) is 12.2 Å². The molecule has 1 aromatic rings. The van der Waals surface area contributed by atoms with Gasteiger partial charge in [0.15, 0.2) is 0 Å². The SMILES string of the molecule is CCCCCc1ccccc1C(=O)OCC1CO1. The Labute approximate surface area is 108 Å². The van der Waals surface area contributed by atoms with Crippen LogP contribution in [-0.4, -0.2) is 25.3 Å². The molecule has 0 spiro atoms. The van der Waals surface area contributed by atoms with Crippen molar-refractivity contribution in [1.29, 1.82) is 0 Å². The minimum atomic E-state index is -0.224. The standard InChI is InChI=1S/C15H20O3/c1-2-3-4-7-12-8-5-6-9-14(12)15(16)18-11-13-10-17-13/h5-6,8-9,13H,2-4,7,10-11H2,1H3. The Balaban J connectivity index is 1.93. The van der Waals surface area contributed by atoms with Crippen molar-refractivity contribution >= 4 is 5.97 Å². The molecule has 1 fully saturated rings. The largest absolute Gasteiger partial charge is 0.459 e. The molecule has 3 heteroatoms. The van der Waals surface area contributed by atoms with Crippen LogP contribution in [0.15, 0.2) is 24.3 Å². The maximum absolute atomic E-state index is 12.0. The van der Waals surface area contributed by atoms with Gasteiger partial charge in [0, 0.05) is 0 Å². The number of esters is 1. The van der Waals surface area contributed by atoms with Crippen molar-refractivity contribution < 1.29 is 14.3 Å². The Kier molecular flexibility index (Phi) is 4.76. The van der Waals surface area contributed by atoms with Crippen molar-refractivity contribution in [2.24, 2.45) is 0 Å². The van der Waals surface area contributed by atoms with Crippen LogP contribution in [0.4, 0.5) is 0 Å². The number of hydrogen-bond acceptors (Lipinski definition) is 3. The summed E-state index contributed by atoms with van der Waals surface area (Å²) in [6.45, 7) is 3.27. The summed E-state index contributed by atoms with van der Waals surface area (Å²) in [7, 11) is 0. The highest BCUT2D eigenvalue weighted by Gasteiger charge is 2.24. The van der Waals surface area contributed by atoms with Crippen molar-refractivity contribution in [2.45, 2.75) is 38.7 Å². The van der Waals surface area contributed by atoms with Gasteiger partial charge in [-0.2, -0.15) is 0 Å². The van der Waals surface area contributed by atoms with Crippen LogP contribution in [0.3, 0.4) is 0 Å². The Morgan fingerprint density at radius 1 is 1.39 bits per heavy atom. The third-order valence-corrected chi connectivity index (χ3v) is 3.09. The monoisotopic (exact) mass is 248 g/mol. The van der Waals surface area contributed by atoms with Crippen LogP contribution in [0, 0.1) is 0 Å². The number of rotatable bonds is 7. The molecule has 18 heavy (non-hydrogen) atoms. The summed E-state index contributed by atoms with van der Waals surface area (Å²) < 4.78 is 10.3. The first-order valence-electron chi connectivity index (χ1n) is 6.68. The number of carbonyl (C=O) groups is 1. The Morgan fingerprint density at radius 2 is 2.17 bits per heavy atom. The van der Waals surface area contributed by atoms with Crippen LogP contribution in [0.2, 0.25) is 0 Å². The molecule has 2 rings (SSSR count). The maximum atomic E-state index is 12.0. The fourth-order valence-electron chi connectivity index (χ4n) is 1.91. The van der Waals surface area contributed by atoms with Gasteiger partial charge in [0.25, 0.3) is 0 Å². The number of unbranched alkanes of at least 4 members (excludes halogenated alkanes) is 2. The number of carbonyl (C=O) groups excluding carboxylic acids is 1. The van der Waals surface area contributed by atoms with E-state index in [0.29, 0.717) is 18.8 Å². The number of benzene rings is 1. The van der Waals surface area contributed by atoms with Crippen LogP contribution < -0.4 is 0 Å². The third-order valence-electron chi connectivity index (χ3n) is 3.09. The zero-order valence-electron chi connectivity index (χ0n) is 10.9. The molecule has 1 unspecified atom stereocenters. The Bertz CT molecular complexity index is 396. The topological polar surface area (TPSA) is 38.8 Å². The molecule has 1 atom stereocenters. The summed E-state index contributed by atoms with van der Waals surface area (Å²) in [5.74, 6) is -0.224. The van der Waals surface area contributed by atoms with E-state index in [2.05, 4.69) is 6.92 Å². The molecule has 1 aliphatic heterocycles. The molecule has 0 aliphatic carbocycles. The van der Waals surface area contributed by atoms with Gasteiger partial charge in [-0.05, 0) is 24.5 Å². The molecular formula is C15H20O3. The van der Waals surface area contributed by atoms with Gasteiger partial charge < -0.3 is 9.47 Å². The minimum Gasteiger partial charge on any atom is -0.459 e. The summed E-state index contributed by atoms with van der Waals surface area (Å²) >= 11 is 0. The third kappa shape index (κ3) is 3.84. The van der Waals surface area contributed by atoms with E-state index in [-0.39, 0.29) is 12.1 Å². The zero-order valence-corrected chi connectivity index (χ0v) is 10.9. The summed E-state index contributed by atoms with van der Waals surface area (Å²) in [4.78, 5) is 12.0. The van der Waals surface area contributed by atoms with Gasteiger partial charge in [-0.25, -0.2) is 4.79 Å². The summed E-state index contributed by atoms with van der Waals surface area (Å²) in [5.41, 5.74) is 1.79. The molecule has 1 heterocycles. The van der Waals surface area contributed by atoms with E-state index in [9.17, 15) is 4.79 Å². The molecule has 0 saturated carbocycles. The van der Waals surface area contributed by atoms with Crippen LogP contribution in [0.5, 0.6) is 0 Å². The molecule has 0 radical (unpaired) electrons. The van der Waals surface area contributed by atoms with E-state index in [1.54, 1.807) is 0 Å². The van der Waals surface area contributed by atoms with E-state index in [0.717, 1.165) is 18.4 Å². The lowest BCUT2D eigenvalue weighted by Crippen LogP contribution is -2.12. The van der Waals surface area contributed by atoms with Gasteiger partial charge in [-0.3, -0.25) is 0 Å². The van der Waals surface area contributed by atoms with Crippen molar-refractivity contribution in [3.05, 3.63) is 35.4 Å². The molecule has 0 amide bonds. The van der Waals surface area contributed by atoms with Crippen molar-refractivity contribution in [3.8, 4) is 0 Å². The lowest BCUT2D eigenvalue weighted by molar-refractivity contribution is 0.0475. The quantitative estimate of drug-likeness (QED) is 0.423. The molecule has 1 aromatic carbocycles. The summed E-state index contributed by atoms with van der Waals surface area (Å²) in [6, 6.07) is 7.72. The van der Waals surface area contributed by atoms with Crippen LogP contribution >= 0.6 is 0 Å². The fraction of sp³-hybridized carbons (Fsp3) is 0.533. The summed E-state index contributed by atoms with van der Waals surface area (Å²) in [5, 5.41) is 0. The van der Waals surface area contributed by atoms with E-state index in [4.69, 9.17) is 9.47 Å². The smallest absolute Gasteiger partial charge is 0.338 e. The van der Waals surface area contributed by atoms with Crippen molar-refractivity contribution in [2.75, 3.05) is 13.2 Å². The van der Waals surface area contributed by atoms with Gasteiger partial charge in [0.2, 0.25) is 0 Å². The zero-order chi connectivity index (χ0) is 12.8. The molecule has 0 N–H and O–H groups in total. The number of epoxide rings is 1. The van der Waals surface area contributed by atoms with Crippen molar-refractivity contribution in [3.63, 3.8) is 0 Å². The first-order chi connectivity index (χ1) is 8.81. The second kappa shape index (κ2) is 6.55. The van der Waals surface area contributed by atoms with Crippen LogP contribution in [-0.2, 0) is 15.9 Å². The predicted octanol–water partition coefficient (Wildman–Crippen LogP) is 2.97. The number of hydrogen-bond donors (Lipinski definition) is 0. The second-order valence-corrected chi connectivity index (χ2v) is 4.67. The molecule has 1 aliphatic rings. The van der Waals surface area contributed by atoms with Gasteiger partial charge in [-0.1, -0.05) is 38.0 Å². The maximum Gasteiger partial charge on any atom is 0.338 e. The number of ether oxygens (including phenoxy) is 2. The molecular weight excluding hydrogens is 228 g/mol. The molecule has 0 aromatic heterocycles. The fourth-order valence-corrected chi connectivity index (χ4v) is 1.91. The average molecular weight is 248 g/mol. The Morgan fingerprint density at radius 3 is 2.89 bits per heavy atom. The lowest BCUT2D eigenvalue weighted by Gasteiger charge is -2.08. The van der Waals surface area contributed by atoms with Crippen LogP contribution in [0.1, 0.15) is 42.1 Å². The van der Waals surface area contributed by atoms with Crippen LogP contribution in [0.25, 0.3) is 0 Å². The van der Waals surface area contributed by atoms with E-state index in [1.165, 1.54) is 12.8 Å².